The summed E-state index contributed by atoms with van der Waals surface area (Å²) < 4.78 is 10.5. The molecule has 0 aliphatic carbocycles. The van der Waals surface area contributed by atoms with Crippen LogP contribution in [0.15, 0.2) is 33.5 Å². The molecule has 0 amide bonds. The summed E-state index contributed by atoms with van der Waals surface area (Å²) in [6.45, 7) is 2.45. The lowest BCUT2D eigenvalue weighted by Gasteiger charge is -2.06. The highest BCUT2D eigenvalue weighted by Gasteiger charge is 2.20. The zero-order chi connectivity index (χ0) is 18.8. The molecule has 0 aliphatic heterocycles. The van der Waals surface area contributed by atoms with Crippen molar-refractivity contribution in [3.63, 3.8) is 0 Å². The molecule has 26 heavy (non-hydrogen) atoms. The van der Waals surface area contributed by atoms with Crippen molar-refractivity contribution in [2.75, 3.05) is 13.2 Å². The lowest BCUT2D eigenvalue weighted by molar-refractivity contribution is 0.0746. The van der Waals surface area contributed by atoms with Gasteiger partial charge in [0, 0.05) is 6.61 Å². The van der Waals surface area contributed by atoms with Gasteiger partial charge in [-0.05, 0) is 18.6 Å². The summed E-state index contributed by atoms with van der Waals surface area (Å²) in [5.74, 6) is -0.890. The Morgan fingerprint density at radius 3 is 2.42 bits per heavy atom. The molecule has 2 aromatic rings. The van der Waals surface area contributed by atoms with Gasteiger partial charge in [0.25, 0.3) is 0 Å². The van der Waals surface area contributed by atoms with Crippen LogP contribution in [0.1, 0.15) is 68.6 Å². The van der Waals surface area contributed by atoms with Crippen molar-refractivity contribution < 1.29 is 19.1 Å². The first-order chi connectivity index (χ1) is 12.6. The molecule has 1 heterocycles. The third-order valence-electron chi connectivity index (χ3n) is 4.44. The molecule has 0 unspecified atom stereocenters. The molecule has 1 aromatic heterocycles. The highest BCUT2D eigenvalue weighted by atomic mass is 16.5. The van der Waals surface area contributed by atoms with Crippen molar-refractivity contribution in [1.29, 1.82) is 0 Å². The first-order valence-electron chi connectivity index (χ1n) is 9.51. The second-order valence-corrected chi connectivity index (χ2v) is 6.56. The molecular weight excluding hydrogens is 332 g/mol. The highest BCUT2D eigenvalue weighted by molar-refractivity contribution is 6.03. The summed E-state index contributed by atoms with van der Waals surface area (Å²) in [5, 5.41) is 10.6. The van der Waals surface area contributed by atoms with Gasteiger partial charge in [-0.25, -0.2) is 4.79 Å². The fourth-order valence-electron chi connectivity index (χ4n) is 2.95. The third-order valence-corrected chi connectivity index (χ3v) is 4.44. The number of rotatable bonds is 12. The van der Waals surface area contributed by atoms with Gasteiger partial charge >= 0.3 is 5.63 Å². The maximum Gasteiger partial charge on any atom is 0.351 e. The summed E-state index contributed by atoms with van der Waals surface area (Å²) in [6.07, 6.45) is 9.53. The molecule has 0 atom stereocenters. The molecule has 5 heteroatoms. The number of benzene rings is 1. The molecule has 0 bridgehead atoms. The molecule has 0 saturated carbocycles. The Bertz CT molecular complexity index is 763. The van der Waals surface area contributed by atoms with Crippen LogP contribution in [0.25, 0.3) is 11.0 Å². The quantitative estimate of drug-likeness (QED) is 0.333. The predicted octanol–water partition coefficient (Wildman–Crippen LogP) is 4.84. The normalized spacial score (nSPS) is 11.1. The minimum absolute atomic E-state index is 0.229. The zero-order valence-electron chi connectivity index (χ0n) is 15.5. The van der Waals surface area contributed by atoms with Crippen molar-refractivity contribution in [3.8, 4) is 5.75 Å². The van der Waals surface area contributed by atoms with Gasteiger partial charge in [0.1, 0.15) is 23.5 Å². The molecule has 0 spiro atoms. The monoisotopic (exact) mass is 360 g/mol. The average Bonchev–Trinajstić information content (AvgIpc) is 2.63. The Labute approximate surface area is 154 Å². The minimum atomic E-state index is -0.832. The SMILES string of the molecule is CCCCCCCCCCOCC(=O)c1c(O)c2ccccc2oc1=O. The molecular formula is C21H28O5. The van der Waals surface area contributed by atoms with Gasteiger partial charge < -0.3 is 14.3 Å². The van der Waals surface area contributed by atoms with Gasteiger partial charge in [-0.1, -0.05) is 64.0 Å². The number of fused-ring (bicyclic) bond motifs is 1. The van der Waals surface area contributed by atoms with Gasteiger partial charge in [-0.3, -0.25) is 4.79 Å². The van der Waals surface area contributed by atoms with Gasteiger partial charge in [0.05, 0.1) is 5.39 Å². The van der Waals surface area contributed by atoms with Crippen LogP contribution in [0, 0.1) is 0 Å². The van der Waals surface area contributed by atoms with Gasteiger partial charge in [-0.15, -0.1) is 0 Å². The van der Waals surface area contributed by atoms with Crippen LogP contribution >= 0.6 is 0 Å². The van der Waals surface area contributed by atoms with E-state index in [4.69, 9.17) is 9.15 Å². The average molecular weight is 360 g/mol. The fourth-order valence-corrected chi connectivity index (χ4v) is 2.95. The molecule has 1 N–H and O–H groups in total. The second kappa shape index (κ2) is 10.8. The number of aromatic hydroxyl groups is 1. The predicted molar refractivity (Wildman–Crippen MR) is 102 cm³/mol. The molecule has 0 aliphatic rings. The van der Waals surface area contributed by atoms with Crippen molar-refractivity contribution >= 4 is 16.8 Å². The second-order valence-electron chi connectivity index (χ2n) is 6.56. The number of hydrogen-bond acceptors (Lipinski definition) is 5. The number of Topliss-reactive ketones (excluding diaryl/α,β-unsaturated/α-hetero) is 1. The van der Waals surface area contributed by atoms with Crippen LogP contribution < -0.4 is 5.63 Å². The van der Waals surface area contributed by atoms with E-state index in [0.717, 1.165) is 12.8 Å². The Morgan fingerprint density at radius 1 is 1.04 bits per heavy atom. The van der Waals surface area contributed by atoms with Crippen LogP contribution in [-0.4, -0.2) is 24.1 Å². The zero-order valence-corrected chi connectivity index (χ0v) is 15.5. The number of carbonyl (C=O) groups is 1. The number of hydrogen-bond donors (Lipinski definition) is 1. The first kappa shape index (κ1) is 20.2. The number of carbonyl (C=O) groups excluding carboxylic acids is 1. The summed E-state index contributed by atoms with van der Waals surface area (Å²) in [7, 11) is 0. The van der Waals surface area contributed by atoms with Gasteiger partial charge in [0.2, 0.25) is 0 Å². The maximum absolute atomic E-state index is 12.2. The highest BCUT2D eigenvalue weighted by Crippen LogP contribution is 2.26. The van der Waals surface area contributed by atoms with Crippen molar-refractivity contribution in [2.24, 2.45) is 0 Å². The smallest absolute Gasteiger partial charge is 0.351 e. The molecule has 5 nitrogen and oxygen atoms in total. The summed E-state index contributed by atoms with van der Waals surface area (Å²) in [6, 6.07) is 6.57. The van der Waals surface area contributed by atoms with Crippen LogP contribution in [0.3, 0.4) is 0 Å². The topological polar surface area (TPSA) is 76.7 Å². The van der Waals surface area contributed by atoms with E-state index in [9.17, 15) is 14.7 Å². The standard InChI is InChI=1S/C21H28O5/c1-2-3-4-5-6-7-8-11-14-25-15-17(22)19-20(23)16-12-9-10-13-18(16)26-21(19)24/h9-10,12-13,23H,2-8,11,14-15H2,1H3. The molecule has 142 valence electrons. The third kappa shape index (κ3) is 5.70. The Morgan fingerprint density at radius 2 is 1.69 bits per heavy atom. The van der Waals surface area contributed by atoms with Crippen LogP contribution in [0.5, 0.6) is 5.75 Å². The van der Waals surface area contributed by atoms with Crippen molar-refractivity contribution in [3.05, 3.63) is 40.2 Å². The van der Waals surface area contributed by atoms with E-state index in [-0.39, 0.29) is 23.5 Å². The van der Waals surface area contributed by atoms with E-state index in [1.165, 1.54) is 38.5 Å². The fraction of sp³-hybridized carbons (Fsp3) is 0.524. The molecule has 0 fully saturated rings. The minimum Gasteiger partial charge on any atom is -0.506 e. The van der Waals surface area contributed by atoms with E-state index < -0.39 is 11.4 Å². The van der Waals surface area contributed by atoms with Crippen LogP contribution in [0.4, 0.5) is 0 Å². The van der Waals surface area contributed by atoms with E-state index in [1.807, 2.05) is 0 Å². The van der Waals surface area contributed by atoms with Gasteiger partial charge in [0.15, 0.2) is 5.78 Å². The van der Waals surface area contributed by atoms with Crippen LogP contribution in [-0.2, 0) is 4.74 Å². The Kier molecular flexibility index (Phi) is 8.35. The van der Waals surface area contributed by atoms with Crippen molar-refractivity contribution in [2.45, 2.75) is 58.3 Å². The lowest BCUT2D eigenvalue weighted by Crippen LogP contribution is -2.19. The molecule has 2 rings (SSSR count). The van der Waals surface area contributed by atoms with Crippen LogP contribution in [0.2, 0.25) is 0 Å². The number of unbranched alkanes of at least 4 members (excludes halogenated alkanes) is 7. The lowest BCUT2D eigenvalue weighted by atomic mass is 10.1. The van der Waals surface area contributed by atoms with E-state index in [2.05, 4.69) is 6.92 Å². The maximum atomic E-state index is 12.2. The van der Waals surface area contributed by atoms with Crippen molar-refractivity contribution in [1.82, 2.24) is 0 Å². The number of ketones is 1. The summed E-state index contributed by atoms with van der Waals surface area (Å²) in [4.78, 5) is 24.2. The number of para-hydroxylation sites is 1. The Hall–Kier alpha value is -2.14. The Balaban J connectivity index is 1.75. The molecule has 0 radical (unpaired) electrons. The molecule has 1 aromatic carbocycles. The number of ether oxygens (including phenoxy) is 1. The van der Waals surface area contributed by atoms with E-state index >= 15 is 0 Å². The summed E-state index contributed by atoms with van der Waals surface area (Å²) >= 11 is 0. The van der Waals surface area contributed by atoms with Gasteiger partial charge in [-0.2, -0.15) is 0 Å². The first-order valence-corrected chi connectivity index (χ1v) is 9.51. The van der Waals surface area contributed by atoms with E-state index in [1.54, 1.807) is 24.3 Å². The molecule has 0 saturated heterocycles. The van der Waals surface area contributed by atoms with E-state index in [0.29, 0.717) is 12.0 Å². The summed E-state index contributed by atoms with van der Waals surface area (Å²) in [5.41, 5.74) is -0.909. The largest absolute Gasteiger partial charge is 0.506 e.